The van der Waals surface area contributed by atoms with Crippen molar-refractivity contribution in [3.8, 4) is 17.2 Å². The van der Waals surface area contributed by atoms with Gasteiger partial charge in [0.2, 0.25) is 11.7 Å². The van der Waals surface area contributed by atoms with E-state index < -0.39 is 0 Å². The summed E-state index contributed by atoms with van der Waals surface area (Å²) >= 11 is 0. The normalized spacial score (nSPS) is 13.8. The third kappa shape index (κ3) is 1.72. The molecule has 104 valence electrons. The number of aryl methyl sites for hydroxylation is 1. The Bertz CT molecular complexity index is 712. The van der Waals surface area contributed by atoms with Gasteiger partial charge in [-0.25, -0.2) is 0 Å². The maximum Gasteiger partial charge on any atom is 0.224 e. The summed E-state index contributed by atoms with van der Waals surface area (Å²) in [6, 6.07) is 1.72. The molecular formula is C14H14N2O4. The number of phenols is 1. The number of amides is 1. The minimum Gasteiger partial charge on any atom is -0.504 e. The van der Waals surface area contributed by atoms with Crippen LogP contribution in [0.4, 0.5) is 5.69 Å². The summed E-state index contributed by atoms with van der Waals surface area (Å²) in [6.45, 7) is 0. The topological polar surface area (TPSA) is 80.7 Å². The van der Waals surface area contributed by atoms with E-state index in [4.69, 9.17) is 9.47 Å². The number of methoxy groups -OCH3 is 2. The van der Waals surface area contributed by atoms with Crippen molar-refractivity contribution in [3.05, 3.63) is 18.0 Å². The van der Waals surface area contributed by atoms with Gasteiger partial charge in [-0.15, -0.1) is 0 Å². The van der Waals surface area contributed by atoms with Crippen LogP contribution in [0.3, 0.4) is 0 Å². The number of nitrogens with zero attached hydrogens (tertiary/aromatic N) is 1. The number of ether oxygens (including phenoxy) is 2. The molecule has 0 saturated heterocycles. The first-order chi connectivity index (χ1) is 9.65. The molecule has 2 N–H and O–H groups in total. The number of carbonyl (C=O) groups excluding carboxylic acids is 1. The van der Waals surface area contributed by atoms with Crippen molar-refractivity contribution in [2.45, 2.75) is 12.8 Å². The van der Waals surface area contributed by atoms with Gasteiger partial charge >= 0.3 is 0 Å². The number of fused-ring (bicyclic) bond motifs is 3. The molecule has 3 rings (SSSR count). The second kappa shape index (κ2) is 4.56. The number of pyridine rings is 1. The summed E-state index contributed by atoms with van der Waals surface area (Å²) < 4.78 is 10.4. The van der Waals surface area contributed by atoms with E-state index in [0.717, 1.165) is 5.69 Å². The van der Waals surface area contributed by atoms with E-state index in [-0.39, 0.29) is 17.4 Å². The predicted octanol–water partition coefficient (Wildman–Crippen LogP) is 1.84. The van der Waals surface area contributed by atoms with Gasteiger partial charge in [-0.05, 0) is 6.07 Å². The summed E-state index contributed by atoms with van der Waals surface area (Å²) in [5.41, 5.74) is 1.32. The van der Waals surface area contributed by atoms with Gasteiger partial charge in [-0.1, -0.05) is 0 Å². The molecule has 6 heteroatoms. The number of nitrogens with one attached hydrogen (secondary N) is 1. The Morgan fingerprint density at radius 3 is 2.80 bits per heavy atom. The maximum absolute atomic E-state index is 11.6. The summed E-state index contributed by atoms with van der Waals surface area (Å²) in [5.74, 6) is 0.526. The van der Waals surface area contributed by atoms with Gasteiger partial charge < -0.3 is 19.9 Å². The van der Waals surface area contributed by atoms with Crippen LogP contribution in [0.1, 0.15) is 12.1 Å². The molecule has 1 aliphatic rings. The fourth-order valence-corrected chi connectivity index (χ4v) is 2.47. The first kappa shape index (κ1) is 12.5. The Balaban J connectivity index is 2.36. The van der Waals surface area contributed by atoms with Crippen LogP contribution >= 0.6 is 0 Å². The highest BCUT2D eigenvalue weighted by Gasteiger charge is 2.23. The number of carbonyl (C=O) groups is 1. The molecule has 0 aliphatic carbocycles. The molecule has 0 saturated carbocycles. The summed E-state index contributed by atoms with van der Waals surface area (Å²) in [7, 11) is 2.95. The molecule has 1 aromatic carbocycles. The molecule has 2 aromatic rings. The number of anilines is 1. The van der Waals surface area contributed by atoms with Crippen molar-refractivity contribution >= 4 is 22.4 Å². The van der Waals surface area contributed by atoms with Gasteiger partial charge in [-0.2, -0.15) is 0 Å². The molecule has 1 amide bonds. The molecule has 1 aromatic heterocycles. The van der Waals surface area contributed by atoms with E-state index >= 15 is 0 Å². The smallest absolute Gasteiger partial charge is 0.224 e. The summed E-state index contributed by atoms with van der Waals surface area (Å²) in [4.78, 5) is 15.9. The first-order valence-electron chi connectivity index (χ1n) is 6.21. The van der Waals surface area contributed by atoms with Crippen LogP contribution in [0.2, 0.25) is 0 Å². The van der Waals surface area contributed by atoms with Gasteiger partial charge in [0.15, 0.2) is 11.5 Å². The molecule has 0 spiro atoms. The van der Waals surface area contributed by atoms with Crippen molar-refractivity contribution in [1.82, 2.24) is 4.98 Å². The van der Waals surface area contributed by atoms with E-state index in [1.54, 1.807) is 12.3 Å². The minimum absolute atomic E-state index is 0.0531. The Morgan fingerprint density at radius 1 is 1.30 bits per heavy atom. The number of aromatic nitrogens is 1. The van der Waals surface area contributed by atoms with Crippen LogP contribution in [0.5, 0.6) is 17.2 Å². The average molecular weight is 274 g/mol. The highest BCUT2D eigenvalue weighted by molar-refractivity contribution is 6.08. The van der Waals surface area contributed by atoms with Gasteiger partial charge in [-0.3, -0.25) is 9.78 Å². The second-order valence-electron chi connectivity index (χ2n) is 4.55. The maximum atomic E-state index is 11.6. The molecule has 0 fully saturated rings. The monoisotopic (exact) mass is 274 g/mol. The van der Waals surface area contributed by atoms with Crippen molar-refractivity contribution in [3.63, 3.8) is 0 Å². The Kier molecular flexibility index (Phi) is 2.85. The van der Waals surface area contributed by atoms with Crippen LogP contribution in [0, 0.1) is 0 Å². The molecule has 0 unspecified atom stereocenters. The highest BCUT2D eigenvalue weighted by atomic mass is 16.5. The lowest BCUT2D eigenvalue weighted by Gasteiger charge is -2.20. The molecule has 2 heterocycles. The summed E-state index contributed by atoms with van der Waals surface area (Å²) in [5, 5.41) is 14.4. The van der Waals surface area contributed by atoms with Crippen LogP contribution in [0.15, 0.2) is 12.3 Å². The largest absolute Gasteiger partial charge is 0.504 e. The predicted molar refractivity (Wildman–Crippen MR) is 73.5 cm³/mol. The van der Waals surface area contributed by atoms with Crippen LogP contribution < -0.4 is 14.8 Å². The number of phenolic OH excluding ortho intramolecular Hbond substituents is 1. The first-order valence-corrected chi connectivity index (χ1v) is 6.21. The van der Waals surface area contributed by atoms with Crippen molar-refractivity contribution in [1.29, 1.82) is 0 Å². The van der Waals surface area contributed by atoms with Crippen molar-refractivity contribution in [2.75, 3.05) is 19.5 Å². The van der Waals surface area contributed by atoms with Crippen molar-refractivity contribution < 1.29 is 19.4 Å². The van der Waals surface area contributed by atoms with E-state index in [0.29, 0.717) is 35.1 Å². The average Bonchev–Trinajstić information content (AvgIpc) is 2.46. The molecule has 1 aliphatic heterocycles. The third-order valence-corrected chi connectivity index (χ3v) is 3.43. The second-order valence-corrected chi connectivity index (χ2v) is 4.55. The highest BCUT2D eigenvalue weighted by Crippen LogP contribution is 2.46. The van der Waals surface area contributed by atoms with Gasteiger partial charge in [0.1, 0.15) is 0 Å². The van der Waals surface area contributed by atoms with Crippen molar-refractivity contribution in [2.24, 2.45) is 0 Å². The van der Waals surface area contributed by atoms with E-state index in [2.05, 4.69) is 10.3 Å². The third-order valence-electron chi connectivity index (χ3n) is 3.43. The fourth-order valence-electron chi connectivity index (χ4n) is 2.47. The SMILES string of the molecule is COc1cc2cnc3c(c2c(O)c1OC)NC(=O)CC3. The molecular weight excluding hydrogens is 260 g/mol. The molecule has 20 heavy (non-hydrogen) atoms. The van der Waals surface area contributed by atoms with Crippen LogP contribution in [-0.2, 0) is 11.2 Å². The lowest BCUT2D eigenvalue weighted by molar-refractivity contribution is -0.116. The molecule has 6 nitrogen and oxygen atoms in total. The molecule has 0 radical (unpaired) electrons. The fraction of sp³-hybridized carbons (Fsp3) is 0.286. The zero-order valence-electron chi connectivity index (χ0n) is 11.2. The lowest BCUT2D eigenvalue weighted by Crippen LogP contribution is -2.20. The minimum atomic E-state index is -0.0824. The standard InChI is InChI=1S/C14H14N2O4/c1-19-9-5-7-6-15-8-3-4-10(17)16-12(8)11(7)13(18)14(9)20-2/h5-6,18H,3-4H2,1-2H3,(H,16,17). The number of benzene rings is 1. The molecule has 0 atom stereocenters. The van der Waals surface area contributed by atoms with Crippen LogP contribution in [-0.4, -0.2) is 30.2 Å². The number of rotatable bonds is 2. The van der Waals surface area contributed by atoms with Gasteiger partial charge in [0.25, 0.3) is 0 Å². The quantitative estimate of drug-likeness (QED) is 0.873. The number of hydrogen-bond donors (Lipinski definition) is 2. The Labute approximate surface area is 115 Å². The number of aromatic hydroxyl groups is 1. The van der Waals surface area contributed by atoms with E-state index in [1.165, 1.54) is 14.2 Å². The zero-order chi connectivity index (χ0) is 14.3. The summed E-state index contributed by atoms with van der Waals surface area (Å²) in [6.07, 6.45) is 2.62. The lowest BCUT2D eigenvalue weighted by atomic mass is 10.0. The Hall–Kier alpha value is -2.50. The number of hydrogen-bond acceptors (Lipinski definition) is 5. The van der Waals surface area contributed by atoms with Crippen LogP contribution in [0.25, 0.3) is 10.8 Å². The van der Waals surface area contributed by atoms with Gasteiger partial charge in [0.05, 0.1) is 31.0 Å². The zero-order valence-corrected chi connectivity index (χ0v) is 11.2. The van der Waals surface area contributed by atoms with E-state index in [9.17, 15) is 9.90 Å². The van der Waals surface area contributed by atoms with Gasteiger partial charge in [0, 0.05) is 24.4 Å². The van der Waals surface area contributed by atoms with E-state index in [1.807, 2.05) is 0 Å². The molecule has 0 bridgehead atoms. The Morgan fingerprint density at radius 2 is 2.10 bits per heavy atom.